The Hall–Kier alpha value is -1.06. The predicted molar refractivity (Wildman–Crippen MR) is 79.1 cm³/mol. The van der Waals surface area contributed by atoms with E-state index >= 15 is 0 Å². The molecular weight excluding hydrogens is 252 g/mol. The summed E-state index contributed by atoms with van der Waals surface area (Å²) in [6, 6.07) is -0.0300. The van der Waals surface area contributed by atoms with Gasteiger partial charge in [-0.25, -0.2) is 0 Å². The molecule has 0 aromatic heterocycles. The molecule has 1 aliphatic carbocycles. The van der Waals surface area contributed by atoms with E-state index in [0.29, 0.717) is 11.8 Å². The fraction of sp³-hybridized carbons (Fsp3) is 0.875. The predicted octanol–water partition coefficient (Wildman–Crippen LogP) is 2.33. The van der Waals surface area contributed by atoms with E-state index in [1.807, 2.05) is 4.90 Å². The number of nitrogens with zero attached hydrogens (tertiary/aromatic N) is 1. The highest BCUT2D eigenvalue weighted by Gasteiger charge is 2.40. The summed E-state index contributed by atoms with van der Waals surface area (Å²) in [5.74, 6) is 1.27. The average molecular weight is 280 g/mol. The molecule has 4 nitrogen and oxygen atoms in total. The van der Waals surface area contributed by atoms with Crippen molar-refractivity contribution in [1.29, 1.82) is 0 Å². The Labute approximate surface area is 122 Å². The van der Waals surface area contributed by atoms with Gasteiger partial charge in [-0.2, -0.15) is 0 Å². The van der Waals surface area contributed by atoms with E-state index in [9.17, 15) is 9.59 Å². The second-order valence-electron chi connectivity index (χ2n) is 6.63. The van der Waals surface area contributed by atoms with Crippen molar-refractivity contribution in [2.75, 3.05) is 6.54 Å². The minimum absolute atomic E-state index is 0.0103. The van der Waals surface area contributed by atoms with Crippen LogP contribution in [-0.4, -0.2) is 35.3 Å². The van der Waals surface area contributed by atoms with Gasteiger partial charge in [-0.1, -0.05) is 40.0 Å². The molecule has 0 aromatic carbocycles. The van der Waals surface area contributed by atoms with Crippen LogP contribution < -0.4 is 5.32 Å². The van der Waals surface area contributed by atoms with E-state index in [-0.39, 0.29) is 30.4 Å². The molecule has 0 aromatic rings. The second kappa shape index (κ2) is 6.59. The van der Waals surface area contributed by atoms with Crippen molar-refractivity contribution in [3.8, 4) is 0 Å². The Morgan fingerprint density at radius 2 is 1.95 bits per heavy atom. The molecule has 0 spiro atoms. The molecule has 114 valence electrons. The Kier molecular flexibility index (Phi) is 5.06. The van der Waals surface area contributed by atoms with E-state index in [1.165, 1.54) is 19.3 Å². The number of rotatable bonds is 4. The maximum atomic E-state index is 12.6. The molecule has 1 aliphatic heterocycles. The lowest BCUT2D eigenvalue weighted by molar-refractivity contribution is -0.149. The first kappa shape index (κ1) is 15.3. The highest BCUT2D eigenvalue weighted by Crippen LogP contribution is 2.34. The molecule has 2 aliphatic rings. The van der Waals surface area contributed by atoms with E-state index < -0.39 is 0 Å². The van der Waals surface area contributed by atoms with Gasteiger partial charge in [0.25, 0.3) is 0 Å². The summed E-state index contributed by atoms with van der Waals surface area (Å²) >= 11 is 0. The van der Waals surface area contributed by atoms with Crippen molar-refractivity contribution < 1.29 is 9.59 Å². The monoisotopic (exact) mass is 280 g/mol. The van der Waals surface area contributed by atoms with Crippen molar-refractivity contribution in [2.45, 2.75) is 71.4 Å². The number of carbonyl (C=O) groups is 2. The molecule has 1 saturated carbocycles. The third-order valence-corrected chi connectivity index (χ3v) is 4.85. The van der Waals surface area contributed by atoms with Crippen LogP contribution in [0.3, 0.4) is 0 Å². The molecule has 2 fully saturated rings. The van der Waals surface area contributed by atoms with Gasteiger partial charge in [0.15, 0.2) is 0 Å². The van der Waals surface area contributed by atoms with Crippen LogP contribution in [-0.2, 0) is 9.59 Å². The normalized spacial score (nSPS) is 31.6. The van der Waals surface area contributed by atoms with Gasteiger partial charge in [0.2, 0.25) is 11.8 Å². The lowest BCUT2D eigenvalue weighted by Crippen LogP contribution is -2.62. The van der Waals surface area contributed by atoms with Crippen LogP contribution in [0.25, 0.3) is 0 Å². The Morgan fingerprint density at radius 1 is 1.25 bits per heavy atom. The van der Waals surface area contributed by atoms with Crippen LogP contribution in [0.5, 0.6) is 0 Å². The SMILES string of the molecule is CCCC1NC(=O)CN(C2CCCCC2C(C)C)C1=O. The van der Waals surface area contributed by atoms with Crippen LogP contribution in [0, 0.1) is 11.8 Å². The quantitative estimate of drug-likeness (QED) is 0.859. The highest BCUT2D eigenvalue weighted by molar-refractivity contribution is 5.95. The van der Waals surface area contributed by atoms with Gasteiger partial charge >= 0.3 is 0 Å². The summed E-state index contributed by atoms with van der Waals surface area (Å²) < 4.78 is 0. The molecular formula is C16H28N2O2. The molecule has 3 atom stereocenters. The molecule has 2 rings (SSSR count). The molecule has 0 radical (unpaired) electrons. The topological polar surface area (TPSA) is 49.4 Å². The molecule has 4 heteroatoms. The van der Waals surface area contributed by atoms with E-state index in [1.54, 1.807) is 0 Å². The number of nitrogens with one attached hydrogen (secondary N) is 1. The van der Waals surface area contributed by atoms with Crippen LogP contribution in [0.2, 0.25) is 0 Å². The largest absolute Gasteiger partial charge is 0.343 e. The Morgan fingerprint density at radius 3 is 2.60 bits per heavy atom. The van der Waals surface area contributed by atoms with E-state index in [0.717, 1.165) is 19.3 Å². The third-order valence-electron chi connectivity index (χ3n) is 4.85. The highest BCUT2D eigenvalue weighted by atomic mass is 16.2. The number of piperazine rings is 1. The van der Waals surface area contributed by atoms with Gasteiger partial charge in [-0.3, -0.25) is 9.59 Å². The molecule has 1 saturated heterocycles. The summed E-state index contributed by atoms with van der Waals surface area (Å²) in [5.41, 5.74) is 0. The first-order chi connectivity index (χ1) is 9.54. The number of amides is 2. The van der Waals surface area contributed by atoms with Gasteiger partial charge < -0.3 is 10.2 Å². The minimum atomic E-state index is -0.295. The Bertz CT molecular complexity index is 367. The first-order valence-electron chi connectivity index (χ1n) is 8.14. The molecule has 1 heterocycles. The van der Waals surface area contributed by atoms with Crippen molar-refractivity contribution in [3.05, 3.63) is 0 Å². The summed E-state index contributed by atoms with van der Waals surface area (Å²) in [7, 11) is 0. The van der Waals surface area contributed by atoms with Crippen molar-refractivity contribution in [2.24, 2.45) is 11.8 Å². The fourth-order valence-electron chi connectivity index (χ4n) is 3.80. The zero-order valence-corrected chi connectivity index (χ0v) is 13.0. The molecule has 1 N–H and O–H groups in total. The van der Waals surface area contributed by atoms with Gasteiger partial charge in [0.05, 0.1) is 6.54 Å². The molecule has 0 bridgehead atoms. The van der Waals surface area contributed by atoms with Crippen molar-refractivity contribution in [1.82, 2.24) is 10.2 Å². The van der Waals surface area contributed by atoms with Gasteiger partial charge in [0, 0.05) is 6.04 Å². The van der Waals surface area contributed by atoms with Gasteiger partial charge in [0.1, 0.15) is 6.04 Å². The van der Waals surface area contributed by atoms with E-state index in [2.05, 4.69) is 26.1 Å². The summed E-state index contributed by atoms with van der Waals surface area (Å²) in [5, 5.41) is 2.85. The maximum absolute atomic E-state index is 12.6. The van der Waals surface area contributed by atoms with Gasteiger partial charge in [-0.15, -0.1) is 0 Å². The van der Waals surface area contributed by atoms with Crippen LogP contribution >= 0.6 is 0 Å². The maximum Gasteiger partial charge on any atom is 0.245 e. The first-order valence-corrected chi connectivity index (χ1v) is 8.14. The second-order valence-corrected chi connectivity index (χ2v) is 6.63. The van der Waals surface area contributed by atoms with Gasteiger partial charge in [-0.05, 0) is 31.1 Å². The lowest BCUT2D eigenvalue weighted by Gasteiger charge is -2.44. The number of hydrogen-bond acceptors (Lipinski definition) is 2. The number of hydrogen-bond donors (Lipinski definition) is 1. The van der Waals surface area contributed by atoms with Crippen LogP contribution in [0.1, 0.15) is 59.3 Å². The summed E-state index contributed by atoms with van der Waals surface area (Å²) in [6.07, 6.45) is 6.35. The number of carbonyl (C=O) groups excluding carboxylic acids is 2. The van der Waals surface area contributed by atoms with Crippen molar-refractivity contribution in [3.63, 3.8) is 0 Å². The average Bonchev–Trinajstić information content (AvgIpc) is 2.42. The molecule has 2 amide bonds. The Balaban J connectivity index is 2.15. The van der Waals surface area contributed by atoms with E-state index in [4.69, 9.17) is 0 Å². The lowest BCUT2D eigenvalue weighted by atomic mass is 9.76. The fourth-order valence-corrected chi connectivity index (χ4v) is 3.80. The van der Waals surface area contributed by atoms with Crippen LogP contribution in [0.15, 0.2) is 0 Å². The molecule has 3 unspecified atom stereocenters. The molecule has 20 heavy (non-hydrogen) atoms. The summed E-state index contributed by atoms with van der Waals surface area (Å²) in [6.45, 7) is 6.78. The zero-order chi connectivity index (χ0) is 14.7. The van der Waals surface area contributed by atoms with Crippen LogP contribution in [0.4, 0.5) is 0 Å². The minimum Gasteiger partial charge on any atom is -0.343 e. The van der Waals surface area contributed by atoms with Crippen molar-refractivity contribution >= 4 is 11.8 Å². The standard InChI is InChI=1S/C16H28N2O2/c1-4-7-13-16(20)18(10-15(19)17-13)14-9-6-5-8-12(14)11(2)3/h11-14H,4-10H2,1-3H3,(H,17,19). The zero-order valence-electron chi connectivity index (χ0n) is 13.0. The third kappa shape index (κ3) is 3.15. The smallest absolute Gasteiger partial charge is 0.245 e. The summed E-state index contributed by atoms with van der Waals surface area (Å²) in [4.78, 5) is 26.4.